The smallest absolute Gasteiger partial charge is 0.422 e. The van der Waals surface area contributed by atoms with Crippen LogP contribution in [0.2, 0.25) is 5.02 Å². The molecule has 218 valence electrons. The summed E-state index contributed by atoms with van der Waals surface area (Å²) in [6.07, 6.45) is -7.11. The van der Waals surface area contributed by atoms with E-state index in [1.54, 1.807) is 18.2 Å². The number of halogens is 7. The lowest BCUT2D eigenvalue weighted by molar-refractivity contribution is -0.153. The van der Waals surface area contributed by atoms with E-state index in [1.165, 1.54) is 46.8 Å². The highest BCUT2D eigenvalue weighted by Crippen LogP contribution is 2.35. The Morgan fingerprint density at radius 3 is 2.19 bits per heavy atom. The Bertz CT molecular complexity index is 1750. The highest BCUT2D eigenvalue weighted by Gasteiger charge is 2.30. The largest absolute Gasteiger partial charge is 0.484 e. The zero-order chi connectivity index (χ0) is 30.2. The molecule has 2 aliphatic heterocycles. The second-order valence-electron chi connectivity index (χ2n) is 9.08. The van der Waals surface area contributed by atoms with Crippen molar-refractivity contribution in [2.75, 3.05) is 12.9 Å². The second-order valence-corrected chi connectivity index (χ2v) is 10.4. The van der Waals surface area contributed by atoms with E-state index in [0.717, 1.165) is 21.7 Å². The summed E-state index contributed by atoms with van der Waals surface area (Å²) in [5, 5.41) is 8.95. The zero-order valence-electron chi connectivity index (χ0n) is 21.5. The van der Waals surface area contributed by atoms with Crippen molar-refractivity contribution in [2.24, 2.45) is 0 Å². The molecule has 0 atom stereocenters. The van der Waals surface area contributed by atoms with Crippen molar-refractivity contribution in [2.45, 2.75) is 23.8 Å². The molecule has 2 aliphatic rings. The van der Waals surface area contributed by atoms with Gasteiger partial charge in [0.15, 0.2) is 12.3 Å². The summed E-state index contributed by atoms with van der Waals surface area (Å²) in [5.41, 5.74) is 0.557. The van der Waals surface area contributed by atoms with Crippen LogP contribution in [-0.2, 0) is 12.7 Å². The number of rotatable bonds is 7. The summed E-state index contributed by atoms with van der Waals surface area (Å²) in [7, 11) is 0. The van der Waals surface area contributed by atoms with Crippen LogP contribution in [0.1, 0.15) is 11.1 Å². The molecule has 0 unspecified atom stereocenters. The molecule has 5 rings (SSSR count). The minimum Gasteiger partial charge on any atom is -0.484 e. The molecule has 0 bridgehead atoms. The van der Waals surface area contributed by atoms with Crippen LogP contribution in [0.4, 0.5) is 26.3 Å². The van der Waals surface area contributed by atoms with Crippen molar-refractivity contribution in [1.29, 1.82) is 0 Å². The molecule has 3 aromatic rings. The van der Waals surface area contributed by atoms with Gasteiger partial charge in [-0.3, -0.25) is 4.79 Å². The summed E-state index contributed by atoms with van der Waals surface area (Å²) in [6.45, 7) is -1.59. The van der Waals surface area contributed by atoms with E-state index < -0.39 is 30.1 Å². The van der Waals surface area contributed by atoms with Gasteiger partial charge in [0.05, 0.1) is 28.5 Å². The highest BCUT2D eigenvalue weighted by atomic mass is 35.5. The van der Waals surface area contributed by atoms with Crippen LogP contribution in [0.5, 0.6) is 5.75 Å². The van der Waals surface area contributed by atoms with Crippen LogP contribution in [0, 0.1) is 0 Å². The minimum absolute atomic E-state index is 0.000794. The van der Waals surface area contributed by atoms with Gasteiger partial charge in [0.25, 0.3) is 5.56 Å². The fraction of sp³-hybridized carbons (Fsp3) is 0.179. The van der Waals surface area contributed by atoms with Crippen LogP contribution >= 0.6 is 23.4 Å². The van der Waals surface area contributed by atoms with Crippen molar-refractivity contribution in [3.05, 3.63) is 99.3 Å². The molecule has 0 fully saturated rings. The molecule has 0 spiro atoms. The number of alkyl halides is 6. The molecule has 0 saturated heterocycles. The van der Waals surface area contributed by atoms with Gasteiger partial charge >= 0.3 is 12.4 Å². The third kappa shape index (κ3) is 6.41. The number of hydrogen-bond acceptors (Lipinski definition) is 5. The molecular formula is C28H19ClF6N4O2S. The number of thioether (sulfide) groups is 1. The van der Waals surface area contributed by atoms with Gasteiger partial charge in [-0.2, -0.15) is 36.5 Å². The topological polar surface area (TPSA) is 61.9 Å². The number of nitrogens with zero attached hydrogens (tertiary/aromatic N) is 4. The molecule has 0 saturated carbocycles. The molecule has 0 radical (unpaired) electrons. The van der Waals surface area contributed by atoms with E-state index in [0.29, 0.717) is 22.5 Å². The molecule has 0 aromatic heterocycles. The number of fused-ring (bicyclic) bond motifs is 1. The number of hydrogen-bond donors (Lipinski definition) is 0. The first kappa shape index (κ1) is 29.5. The van der Waals surface area contributed by atoms with E-state index in [1.807, 2.05) is 18.4 Å². The Balaban J connectivity index is 1.59. The predicted molar refractivity (Wildman–Crippen MR) is 147 cm³/mol. The fourth-order valence-electron chi connectivity index (χ4n) is 4.14. The molecule has 42 heavy (non-hydrogen) atoms. The Morgan fingerprint density at radius 2 is 1.60 bits per heavy atom. The number of ether oxygens (including phenoxy) is 1. The van der Waals surface area contributed by atoms with Gasteiger partial charge in [-0.05, 0) is 72.5 Å². The van der Waals surface area contributed by atoms with Gasteiger partial charge in [0.1, 0.15) is 11.4 Å². The van der Waals surface area contributed by atoms with Crippen molar-refractivity contribution >= 4 is 23.4 Å². The predicted octanol–water partition coefficient (Wildman–Crippen LogP) is 7.58. The first-order chi connectivity index (χ1) is 19.8. The van der Waals surface area contributed by atoms with Crippen molar-refractivity contribution in [1.82, 2.24) is 19.6 Å². The van der Waals surface area contributed by atoms with Gasteiger partial charge < -0.3 is 4.74 Å². The first-order valence-electron chi connectivity index (χ1n) is 12.1. The van der Waals surface area contributed by atoms with E-state index in [-0.39, 0.29) is 28.7 Å². The van der Waals surface area contributed by atoms with Gasteiger partial charge in [-0.15, -0.1) is 11.8 Å². The average molecular weight is 625 g/mol. The lowest BCUT2D eigenvalue weighted by Gasteiger charge is -2.16. The Morgan fingerprint density at radius 1 is 0.905 bits per heavy atom. The maximum absolute atomic E-state index is 13.3. The van der Waals surface area contributed by atoms with Crippen LogP contribution < -0.4 is 10.3 Å². The van der Waals surface area contributed by atoms with Crippen LogP contribution in [0.25, 0.3) is 28.3 Å². The highest BCUT2D eigenvalue weighted by molar-refractivity contribution is 7.98. The lowest BCUT2D eigenvalue weighted by Crippen LogP contribution is -2.19. The van der Waals surface area contributed by atoms with Gasteiger partial charge in [0.2, 0.25) is 0 Å². The molecular weight excluding hydrogens is 606 g/mol. The van der Waals surface area contributed by atoms with Crippen LogP contribution in [0.15, 0.2) is 82.5 Å². The molecule has 0 N–H and O–H groups in total. The van der Waals surface area contributed by atoms with E-state index >= 15 is 0 Å². The van der Waals surface area contributed by atoms with Crippen LogP contribution in [0.3, 0.4) is 0 Å². The summed E-state index contributed by atoms with van der Waals surface area (Å²) in [4.78, 5) is 14.2. The van der Waals surface area contributed by atoms with Gasteiger partial charge in [-0.1, -0.05) is 23.7 Å². The molecule has 3 aromatic carbocycles. The summed E-state index contributed by atoms with van der Waals surface area (Å²) in [5.74, 6) is -0.0892. The Labute approximate surface area is 243 Å². The second kappa shape index (κ2) is 11.4. The Kier molecular flexibility index (Phi) is 7.99. The van der Waals surface area contributed by atoms with Crippen molar-refractivity contribution < 1.29 is 31.1 Å². The molecule has 14 heteroatoms. The Hall–Kier alpha value is -3.97. The number of aromatic nitrogens is 4. The summed E-state index contributed by atoms with van der Waals surface area (Å²) >= 11 is 8.01. The summed E-state index contributed by atoms with van der Waals surface area (Å²) < 4.78 is 84.0. The quantitative estimate of drug-likeness (QED) is 0.138. The van der Waals surface area contributed by atoms with E-state index in [4.69, 9.17) is 16.3 Å². The molecule has 6 nitrogen and oxygen atoms in total. The third-order valence-corrected chi connectivity index (χ3v) is 7.22. The zero-order valence-corrected chi connectivity index (χ0v) is 23.1. The van der Waals surface area contributed by atoms with Gasteiger partial charge in [0, 0.05) is 10.5 Å². The van der Waals surface area contributed by atoms with E-state index in [9.17, 15) is 31.1 Å². The third-order valence-electron chi connectivity index (χ3n) is 6.16. The van der Waals surface area contributed by atoms with Crippen molar-refractivity contribution in [3.8, 4) is 34.1 Å². The molecule has 0 amide bonds. The maximum Gasteiger partial charge on any atom is 0.422 e. The molecule has 2 heterocycles. The SMILES string of the molecule is CSc1ccc(-n2nc3c(=O)n(Cc4ccc(C(F)(F)F)cc4)nc-3cc2-c2ccc(OCC(F)(F)F)cc2Cl)cc1. The van der Waals surface area contributed by atoms with Crippen LogP contribution in [-0.4, -0.2) is 38.6 Å². The fourth-order valence-corrected chi connectivity index (χ4v) is 4.82. The number of benzene rings is 3. The van der Waals surface area contributed by atoms with Gasteiger partial charge in [-0.25, -0.2) is 9.36 Å². The minimum atomic E-state index is -4.53. The standard InChI is InChI=1S/C28H19ClF6N4O2S/c1-42-20-9-6-18(7-10-20)39-24(21-11-8-19(12-22(21)29)41-15-27(30,31)32)13-23-25(37-39)26(40)38(36-23)14-16-2-4-17(5-3-16)28(33,34)35/h2-13H,14-15H2,1H3. The normalized spacial score (nSPS) is 12.2. The first-order valence-corrected chi connectivity index (χ1v) is 13.7. The van der Waals surface area contributed by atoms with E-state index in [2.05, 4.69) is 10.2 Å². The maximum atomic E-state index is 13.3. The lowest BCUT2D eigenvalue weighted by atomic mass is 10.1. The van der Waals surface area contributed by atoms with Crippen molar-refractivity contribution in [3.63, 3.8) is 0 Å². The summed E-state index contributed by atoms with van der Waals surface area (Å²) in [6, 6.07) is 17.3. The monoisotopic (exact) mass is 624 g/mol. The molecule has 0 aliphatic carbocycles. The average Bonchev–Trinajstić information content (AvgIpc) is 3.24.